The number of aromatic nitrogens is 2. The molecule has 0 bridgehead atoms. The molecule has 1 aliphatic rings. The molecular weight excluding hydrogens is 366 g/mol. The second-order valence-corrected chi connectivity index (χ2v) is 7.08. The van der Waals surface area contributed by atoms with E-state index in [0.717, 1.165) is 29.9 Å². The topological polar surface area (TPSA) is 117 Å². The Morgan fingerprint density at radius 3 is 2.63 bits per heavy atom. The molecule has 0 aliphatic carbocycles. The van der Waals surface area contributed by atoms with Gasteiger partial charge in [-0.15, -0.1) is 0 Å². The number of methoxy groups -OCH3 is 2. The lowest BCUT2D eigenvalue weighted by molar-refractivity contribution is -0.129. The normalized spacial score (nSPS) is 16.4. The number of nitrogen functional groups attached to an aromatic ring is 2. The van der Waals surface area contributed by atoms with Crippen LogP contribution < -0.4 is 20.9 Å². The van der Waals surface area contributed by atoms with Crippen LogP contribution in [0.2, 0.25) is 0 Å². The maximum Gasteiger partial charge on any atom is 0.233 e. The van der Waals surface area contributed by atoms with Crippen molar-refractivity contribution in [3.63, 3.8) is 0 Å². The Labute approximate surface area is 162 Å². The standard InChI is InChI=1S/C18H23N5O3S/c1-25-11-5-6-14(26-2)12(8-11)13-4-3-7-23(13)17(24)10-27-18-21-15(19)9-16(20)22-18/h5-6,8-9,13H,3-4,7,10H2,1-2H3,(H4,19,20,21,22)/t13-/m1/s1. The molecule has 2 aromatic rings. The summed E-state index contributed by atoms with van der Waals surface area (Å²) in [4.78, 5) is 22.9. The third-order valence-electron chi connectivity index (χ3n) is 4.44. The summed E-state index contributed by atoms with van der Waals surface area (Å²) in [6.07, 6.45) is 1.81. The largest absolute Gasteiger partial charge is 0.497 e. The van der Waals surface area contributed by atoms with Crippen molar-refractivity contribution in [2.45, 2.75) is 24.0 Å². The summed E-state index contributed by atoms with van der Waals surface area (Å²) in [5, 5.41) is 0.399. The van der Waals surface area contributed by atoms with Gasteiger partial charge in [0.2, 0.25) is 5.91 Å². The minimum atomic E-state index is -0.0463. The Morgan fingerprint density at radius 2 is 1.96 bits per heavy atom. The number of thioether (sulfide) groups is 1. The molecule has 1 aromatic carbocycles. The number of hydrogen-bond acceptors (Lipinski definition) is 8. The van der Waals surface area contributed by atoms with E-state index >= 15 is 0 Å². The summed E-state index contributed by atoms with van der Waals surface area (Å²) in [5.74, 6) is 2.29. The predicted octanol–water partition coefficient (Wildman–Crippen LogP) is 2.11. The van der Waals surface area contributed by atoms with Gasteiger partial charge in [-0.1, -0.05) is 11.8 Å². The van der Waals surface area contributed by atoms with E-state index in [1.165, 1.54) is 17.8 Å². The molecule has 3 rings (SSSR count). The third-order valence-corrected chi connectivity index (χ3v) is 5.27. The SMILES string of the molecule is COc1ccc(OC)c([C@H]2CCCN2C(=O)CSc2nc(N)cc(N)n2)c1. The van der Waals surface area contributed by atoms with Crippen LogP contribution in [-0.2, 0) is 4.79 Å². The fourth-order valence-electron chi connectivity index (χ4n) is 3.22. The smallest absolute Gasteiger partial charge is 0.233 e. The predicted molar refractivity (Wildman–Crippen MR) is 105 cm³/mol. The van der Waals surface area contributed by atoms with Gasteiger partial charge in [-0.3, -0.25) is 4.79 Å². The zero-order chi connectivity index (χ0) is 19.4. The lowest BCUT2D eigenvalue weighted by Crippen LogP contribution is -2.32. The van der Waals surface area contributed by atoms with Crippen molar-refractivity contribution in [2.24, 2.45) is 0 Å². The molecule has 8 nitrogen and oxygen atoms in total. The van der Waals surface area contributed by atoms with Crippen LogP contribution in [0.1, 0.15) is 24.4 Å². The van der Waals surface area contributed by atoms with Gasteiger partial charge in [0.05, 0.1) is 26.0 Å². The molecule has 9 heteroatoms. The van der Waals surface area contributed by atoms with E-state index in [9.17, 15) is 4.79 Å². The Kier molecular flexibility index (Phi) is 5.90. The Bertz CT molecular complexity index is 812. The van der Waals surface area contributed by atoms with E-state index < -0.39 is 0 Å². The number of benzene rings is 1. The zero-order valence-electron chi connectivity index (χ0n) is 15.3. The van der Waals surface area contributed by atoms with E-state index in [-0.39, 0.29) is 29.3 Å². The zero-order valence-corrected chi connectivity index (χ0v) is 16.2. The number of hydrogen-bond donors (Lipinski definition) is 2. The first-order valence-corrected chi connectivity index (χ1v) is 9.54. The van der Waals surface area contributed by atoms with Crippen LogP contribution in [0, 0.1) is 0 Å². The lowest BCUT2D eigenvalue weighted by atomic mass is 10.0. The van der Waals surface area contributed by atoms with Gasteiger partial charge in [0.1, 0.15) is 23.1 Å². The highest BCUT2D eigenvalue weighted by Gasteiger charge is 2.32. The molecule has 1 fully saturated rings. The number of nitrogens with two attached hydrogens (primary N) is 2. The fraction of sp³-hybridized carbons (Fsp3) is 0.389. The third kappa shape index (κ3) is 4.36. The molecule has 144 valence electrons. The highest BCUT2D eigenvalue weighted by molar-refractivity contribution is 7.99. The summed E-state index contributed by atoms with van der Waals surface area (Å²) < 4.78 is 10.8. The number of amides is 1. The van der Waals surface area contributed by atoms with Crippen LogP contribution in [-0.4, -0.2) is 47.3 Å². The maximum absolute atomic E-state index is 12.8. The first kappa shape index (κ1) is 19.1. The average Bonchev–Trinajstić information content (AvgIpc) is 3.14. The number of ether oxygens (including phenoxy) is 2. The van der Waals surface area contributed by atoms with Crippen LogP contribution >= 0.6 is 11.8 Å². The molecule has 1 saturated heterocycles. The van der Waals surface area contributed by atoms with Gasteiger partial charge in [-0.2, -0.15) is 0 Å². The van der Waals surface area contributed by atoms with Crippen LogP contribution in [0.5, 0.6) is 11.5 Å². The van der Waals surface area contributed by atoms with Crippen molar-refractivity contribution in [2.75, 3.05) is 38.0 Å². The van der Waals surface area contributed by atoms with E-state index in [4.69, 9.17) is 20.9 Å². The number of likely N-dealkylation sites (tertiary alicyclic amines) is 1. The van der Waals surface area contributed by atoms with Crippen molar-refractivity contribution in [3.05, 3.63) is 29.8 Å². The van der Waals surface area contributed by atoms with Gasteiger partial charge in [0.15, 0.2) is 5.16 Å². The molecule has 27 heavy (non-hydrogen) atoms. The minimum Gasteiger partial charge on any atom is -0.497 e. The number of nitrogens with zero attached hydrogens (tertiary/aromatic N) is 3. The van der Waals surface area contributed by atoms with Gasteiger partial charge in [0, 0.05) is 18.2 Å². The summed E-state index contributed by atoms with van der Waals surface area (Å²) >= 11 is 1.23. The van der Waals surface area contributed by atoms with Gasteiger partial charge in [0.25, 0.3) is 0 Å². The van der Waals surface area contributed by atoms with Crippen molar-refractivity contribution in [1.82, 2.24) is 14.9 Å². The summed E-state index contributed by atoms with van der Waals surface area (Å²) in [6, 6.07) is 7.09. The fourth-order valence-corrected chi connectivity index (χ4v) is 3.98. The quantitative estimate of drug-likeness (QED) is 0.570. The van der Waals surface area contributed by atoms with Crippen molar-refractivity contribution < 1.29 is 14.3 Å². The molecular formula is C18H23N5O3S. The highest BCUT2D eigenvalue weighted by atomic mass is 32.2. The molecule has 0 spiro atoms. The van der Waals surface area contributed by atoms with Crippen molar-refractivity contribution >= 4 is 29.3 Å². The number of rotatable bonds is 6. The van der Waals surface area contributed by atoms with E-state index in [2.05, 4.69) is 9.97 Å². The Hall–Kier alpha value is -2.68. The van der Waals surface area contributed by atoms with Gasteiger partial charge in [-0.25, -0.2) is 9.97 Å². The molecule has 1 aliphatic heterocycles. The summed E-state index contributed by atoms with van der Waals surface area (Å²) in [6.45, 7) is 0.699. The molecule has 1 aromatic heterocycles. The Balaban J connectivity index is 1.75. The molecule has 0 unspecified atom stereocenters. The lowest BCUT2D eigenvalue weighted by Gasteiger charge is -2.26. The maximum atomic E-state index is 12.8. The second-order valence-electron chi connectivity index (χ2n) is 6.14. The molecule has 0 radical (unpaired) electrons. The van der Waals surface area contributed by atoms with Crippen LogP contribution in [0.4, 0.5) is 11.6 Å². The summed E-state index contributed by atoms with van der Waals surface area (Å²) in [7, 11) is 3.25. The molecule has 4 N–H and O–H groups in total. The van der Waals surface area contributed by atoms with Crippen LogP contribution in [0.25, 0.3) is 0 Å². The first-order valence-electron chi connectivity index (χ1n) is 8.56. The molecule has 1 atom stereocenters. The second kappa shape index (κ2) is 8.34. The molecule has 0 saturated carbocycles. The van der Waals surface area contributed by atoms with E-state index in [0.29, 0.717) is 11.7 Å². The number of anilines is 2. The highest BCUT2D eigenvalue weighted by Crippen LogP contribution is 2.39. The summed E-state index contributed by atoms with van der Waals surface area (Å²) in [5.41, 5.74) is 12.3. The van der Waals surface area contributed by atoms with Crippen LogP contribution in [0.15, 0.2) is 29.4 Å². The van der Waals surface area contributed by atoms with Crippen molar-refractivity contribution in [3.8, 4) is 11.5 Å². The van der Waals surface area contributed by atoms with E-state index in [1.54, 1.807) is 14.2 Å². The first-order chi connectivity index (χ1) is 13.0. The monoisotopic (exact) mass is 389 g/mol. The molecule has 2 heterocycles. The molecule has 1 amide bonds. The van der Waals surface area contributed by atoms with E-state index in [1.807, 2.05) is 23.1 Å². The van der Waals surface area contributed by atoms with Gasteiger partial charge < -0.3 is 25.8 Å². The average molecular weight is 389 g/mol. The minimum absolute atomic E-state index is 0.0111. The number of carbonyl (C=O) groups is 1. The van der Waals surface area contributed by atoms with Crippen molar-refractivity contribution in [1.29, 1.82) is 0 Å². The van der Waals surface area contributed by atoms with Crippen LogP contribution in [0.3, 0.4) is 0 Å². The van der Waals surface area contributed by atoms with Gasteiger partial charge >= 0.3 is 0 Å². The number of carbonyl (C=O) groups excluding carboxylic acids is 1. The Morgan fingerprint density at radius 1 is 1.22 bits per heavy atom. The van der Waals surface area contributed by atoms with Gasteiger partial charge in [-0.05, 0) is 31.0 Å².